The number of nitrogens with zero attached hydrogens (tertiary/aromatic N) is 1. The van der Waals surface area contributed by atoms with Crippen molar-refractivity contribution in [2.24, 2.45) is 0 Å². The van der Waals surface area contributed by atoms with Crippen LogP contribution in [0.5, 0.6) is 0 Å². The van der Waals surface area contributed by atoms with Crippen molar-refractivity contribution in [1.82, 2.24) is 0 Å². The van der Waals surface area contributed by atoms with Crippen molar-refractivity contribution in [2.75, 3.05) is 4.90 Å². The van der Waals surface area contributed by atoms with E-state index in [0.717, 1.165) is 17.1 Å². The molecule has 0 fully saturated rings. The highest BCUT2D eigenvalue weighted by Crippen LogP contribution is 2.62. The van der Waals surface area contributed by atoms with Crippen LogP contribution in [0.25, 0.3) is 65.7 Å². The molecule has 1 atom stereocenters. The first kappa shape index (κ1) is 32.8. The maximum absolute atomic E-state index is 2.54. The Hall–Kier alpha value is -7.22. The molecule has 13 rings (SSSR count). The third kappa shape index (κ3) is 4.24. The van der Waals surface area contributed by atoms with E-state index in [-0.39, 0.29) is 5.41 Å². The lowest BCUT2D eigenvalue weighted by Crippen LogP contribution is -2.36. The summed E-state index contributed by atoms with van der Waals surface area (Å²) in [5.74, 6) is 0. The van der Waals surface area contributed by atoms with Gasteiger partial charge in [0.25, 0.3) is 0 Å². The molecule has 0 heterocycles. The Morgan fingerprint density at radius 1 is 0.288 bits per heavy atom. The van der Waals surface area contributed by atoms with Gasteiger partial charge in [0, 0.05) is 22.5 Å². The molecule has 10 aromatic carbocycles. The van der Waals surface area contributed by atoms with E-state index < -0.39 is 5.41 Å². The summed E-state index contributed by atoms with van der Waals surface area (Å²) in [5, 5.41) is 7.70. The molecule has 3 aliphatic carbocycles. The van der Waals surface area contributed by atoms with Crippen molar-refractivity contribution >= 4 is 49.4 Å². The largest absolute Gasteiger partial charge is 0.310 e. The summed E-state index contributed by atoms with van der Waals surface area (Å²) in [4.78, 5) is 2.50. The molecule has 0 N–H and O–H groups in total. The molecule has 0 saturated heterocycles. The van der Waals surface area contributed by atoms with E-state index in [2.05, 4.69) is 219 Å². The summed E-state index contributed by atoms with van der Waals surface area (Å²) in [7, 11) is 0. The molecule has 276 valence electrons. The van der Waals surface area contributed by atoms with Gasteiger partial charge in [0.05, 0.1) is 5.41 Å². The third-order valence-electron chi connectivity index (χ3n) is 14.0. The highest BCUT2D eigenvalue weighted by Gasteiger charge is 2.49. The molecule has 59 heavy (non-hydrogen) atoms. The predicted molar refractivity (Wildman–Crippen MR) is 248 cm³/mol. The molecule has 0 amide bonds. The Bertz CT molecular complexity index is 3420. The summed E-state index contributed by atoms with van der Waals surface area (Å²) < 4.78 is 0. The summed E-state index contributed by atoms with van der Waals surface area (Å²) in [6.07, 6.45) is 0. The summed E-state index contributed by atoms with van der Waals surface area (Å²) >= 11 is 0. The van der Waals surface area contributed by atoms with E-state index >= 15 is 0 Å². The molecule has 0 aliphatic heterocycles. The molecule has 0 aromatic heterocycles. The van der Waals surface area contributed by atoms with Gasteiger partial charge in [-0.1, -0.05) is 178 Å². The smallest absolute Gasteiger partial charge is 0.0726 e. The number of hydrogen-bond acceptors (Lipinski definition) is 1. The molecule has 10 aromatic rings. The van der Waals surface area contributed by atoms with Crippen LogP contribution < -0.4 is 4.90 Å². The first-order chi connectivity index (χ1) is 29.0. The fraction of sp³-hybridized carbons (Fsp3) is 0.0690. The van der Waals surface area contributed by atoms with Crippen LogP contribution in [0, 0.1) is 0 Å². The topological polar surface area (TPSA) is 3.24 Å². The van der Waals surface area contributed by atoms with E-state index in [4.69, 9.17) is 0 Å². The van der Waals surface area contributed by atoms with Crippen LogP contribution in [0.2, 0.25) is 0 Å². The average molecular weight is 750 g/mol. The van der Waals surface area contributed by atoms with Gasteiger partial charge in [-0.05, 0) is 135 Å². The molecule has 1 nitrogen and oxygen atoms in total. The van der Waals surface area contributed by atoms with Crippen molar-refractivity contribution < 1.29 is 0 Å². The van der Waals surface area contributed by atoms with E-state index in [1.165, 1.54) is 99.1 Å². The number of rotatable bonds is 3. The van der Waals surface area contributed by atoms with Gasteiger partial charge in [0.2, 0.25) is 0 Å². The van der Waals surface area contributed by atoms with Crippen LogP contribution >= 0.6 is 0 Å². The fourth-order valence-corrected chi connectivity index (χ4v) is 11.5. The third-order valence-corrected chi connectivity index (χ3v) is 14.0. The monoisotopic (exact) mass is 749 g/mol. The van der Waals surface area contributed by atoms with Crippen molar-refractivity contribution in [3.63, 3.8) is 0 Å². The lowest BCUT2D eigenvalue weighted by atomic mass is 9.55. The minimum atomic E-state index is -0.569. The fourth-order valence-electron chi connectivity index (χ4n) is 11.5. The zero-order valence-corrected chi connectivity index (χ0v) is 33.0. The standard InChI is InChI=1S/C58H39N/c1-57(2)49-23-7-5-19-43(49)45-31-29-41(34-53(45)57)59(40-28-27-36-13-3-4-14-39(36)33-40)42-30-32-46-48-22-10-16-38-18-12-26-52(56(38)48)58(54(46)35-42)50-24-8-6-20-44(50)47-21-9-15-37-17-11-25-51(58)55(37)47/h3-35H,1-2H3. The molecule has 1 spiro atoms. The quantitative estimate of drug-likeness (QED) is 0.174. The average Bonchev–Trinajstić information content (AvgIpc) is 3.51. The van der Waals surface area contributed by atoms with Crippen LogP contribution in [0.4, 0.5) is 17.1 Å². The van der Waals surface area contributed by atoms with Gasteiger partial charge in [-0.25, -0.2) is 0 Å². The van der Waals surface area contributed by atoms with Crippen molar-refractivity contribution in [3.8, 4) is 33.4 Å². The van der Waals surface area contributed by atoms with Crippen LogP contribution in [0.15, 0.2) is 200 Å². The maximum Gasteiger partial charge on any atom is 0.0726 e. The summed E-state index contributed by atoms with van der Waals surface area (Å²) in [5.41, 5.74) is 18.7. The number of anilines is 3. The lowest BCUT2D eigenvalue weighted by molar-refractivity contribution is 0.660. The Morgan fingerprint density at radius 2 is 0.712 bits per heavy atom. The van der Waals surface area contributed by atoms with Crippen LogP contribution in [-0.2, 0) is 10.8 Å². The van der Waals surface area contributed by atoms with E-state index in [1.54, 1.807) is 0 Å². The molecular formula is C58H39N. The van der Waals surface area contributed by atoms with Gasteiger partial charge in [0.1, 0.15) is 0 Å². The van der Waals surface area contributed by atoms with Crippen LogP contribution in [0.3, 0.4) is 0 Å². The highest BCUT2D eigenvalue weighted by atomic mass is 15.1. The Morgan fingerprint density at radius 3 is 1.37 bits per heavy atom. The maximum atomic E-state index is 2.54. The Kier molecular flexibility index (Phi) is 6.50. The molecular weight excluding hydrogens is 711 g/mol. The minimum absolute atomic E-state index is 0.128. The van der Waals surface area contributed by atoms with E-state index in [1.807, 2.05) is 0 Å². The molecule has 0 saturated carbocycles. The van der Waals surface area contributed by atoms with Gasteiger partial charge >= 0.3 is 0 Å². The van der Waals surface area contributed by atoms with Gasteiger partial charge in [0.15, 0.2) is 0 Å². The van der Waals surface area contributed by atoms with Gasteiger partial charge in [-0.3, -0.25) is 0 Å². The highest BCUT2D eigenvalue weighted by molar-refractivity contribution is 6.11. The normalized spacial score (nSPS) is 16.2. The van der Waals surface area contributed by atoms with Crippen LogP contribution in [0.1, 0.15) is 47.2 Å². The van der Waals surface area contributed by atoms with Gasteiger partial charge in [-0.15, -0.1) is 0 Å². The zero-order chi connectivity index (χ0) is 39.0. The minimum Gasteiger partial charge on any atom is -0.310 e. The lowest BCUT2D eigenvalue weighted by Gasteiger charge is -2.46. The molecule has 0 bridgehead atoms. The molecule has 1 heteroatoms. The van der Waals surface area contributed by atoms with Gasteiger partial charge < -0.3 is 4.90 Å². The molecule has 3 aliphatic rings. The second kappa shape index (κ2) is 11.7. The zero-order valence-electron chi connectivity index (χ0n) is 33.0. The van der Waals surface area contributed by atoms with Crippen molar-refractivity contribution in [2.45, 2.75) is 24.7 Å². The van der Waals surface area contributed by atoms with E-state index in [9.17, 15) is 0 Å². The van der Waals surface area contributed by atoms with Crippen molar-refractivity contribution in [3.05, 3.63) is 234 Å². The molecule has 1 unspecified atom stereocenters. The number of benzene rings is 10. The first-order valence-electron chi connectivity index (χ1n) is 20.8. The summed E-state index contributed by atoms with van der Waals surface area (Å²) in [6.45, 7) is 4.75. The van der Waals surface area contributed by atoms with E-state index in [0.29, 0.717) is 0 Å². The summed E-state index contributed by atoms with van der Waals surface area (Å²) in [6, 6.07) is 75.9. The first-order valence-corrected chi connectivity index (χ1v) is 20.8. The Balaban J connectivity index is 1.14. The van der Waals surface area contributed by atoms with Gasteiger partial charge in [-0.2, -0.15) is 0 Å². The molecule has 0 radical (unpaired) electrons. The SMILES string of the molecule is CC1(C)c2ccccc2-c2ccc(N(c3ccc4c(c3)C3(c5ccccc5-c5cccc6cccc3c56)c3cccc5cccc-4c35)c3ccc4ccccc4c3)cc21. The van der Waals surface area contributed by atoms with Crippen LogP contribution in [-0.4, -0.2) is 0 Å². The second-order valence-corrected chi connectivity index (χ2v) is 17.2. The number of fused-ring (bicyclic) bond motifs is 12. The number of hydrogen-bond donors (Lipinski definition) is 0. The predicted octanol–water partition coefficient (Wildman–Crippen LogP) is 15.3. The Labute approximate surface area is 344 Å². The van der Waals surface area contributed by atoms with Crippen molar-refractivity contribution in [1.29, 1.82) is 0 Å². The second-order valence-electron chi connectivity index (χ2n) is 17.2.